The van der Waals surface area contributed by atoms with Gasteiger partial charge in [-0.25, -0.2) is 4.98 Å². The topological polar surface area (TPSA) is 26.0 Å². The van der Waals surface area contributed by atoms with Crippen LogP contribution in [-0.4, -0.2) is 4.98 Å². The number of nitrogens with zero attached hydrogens (tertiary/aromatic N) is 1. The van der Waals surface area contributed by atoms with Crippen LogP contribution in [0.2, 0.25) is 0 Å². The Labute approximate surface area is 106 Å². The third kappa shape index (κ3) is 2.95. The van der Waals surface area contributed by atoms with E-state index in [2.05, 4.69) is 69.1 Å². The van der Waals surface area contributed by atoms with Crippen LogP contribution in [0.4, 0.5) is 0 Å². The van der Waals surface area contributed by atoms with Gasteiger partial charge in [0.25, 0.3) is 0 Å². The summed E-state index contributed by atoms with van der Waals surface area (Å²) in [4.78, 5) is 4.51. The summed E-state index contributed by atoms with van der Waals surface area (Å²) in [6.07, 6.45) is 0. The number of hydrogen-bond acceptors (Lipinski definition) is 2. The van der Waals surface area contributed by atoms with Crippen LogP contribution in [0, 0.1) is 9.62 Å². The zero-order valence-electron chi connectivity index (χ0n) is 10.4. The molecule has 86 valence electrons. The summed E-state index contributed by atoms with van der Waals surface area (Å²) in [5.74, 6) is 2.89. The maximum atomic E-state index is 5.88. The van der Waals surface area contributed by atoms with Crippen molar-refractivity contribution in [3.8, 4) is 0 Å². The molecule has 0 saturated heterocycles. The van der Waals surface area contributed by atoms with Crippen molar-refractivity contribution in [2.45, 2.75) is 52.9 Å². The fraction of sp³-hybridized carbons (Fsp3) is 0.750. The predicted octanol–water partition coefficient (Wildman–Crippen LogP) is 4.34. The maximum absolute atomic E-state index is 5.88. The van der Waals surface area contributed by atoms with Crippen molar-refractivity contribution in [3.05, 3.63) is 15.4 Å². The first-order valence-electron chi connectivity index (χ1n) is 5.40. The van der Waals surface area contributed by atoms with Crippen LogP contribution >= 0.6 is 22.6 Å². The van der Waals surface area contributed by atoms with Crippen LogP contribution < -0.4 is 0 Å². The summed E-state index contributed by atoms with van der Waals surface area (Å²) in [6.45, 7) is 13.0. The quantitative estimate of drug-likeness (QED) is 0.758. The summed E-state index contributed by atoms with van der Waals surface area (Å²) in [6, 6.07) is 0. The molecule has 0 N–H and O–H groups in total. The van der Waals surface area contributed by atoms with Crippen molar-refractivity contribution in [2.75, 3.05) is 0 Å². The number of halogens is 1. The highest BCUT2D eigenvalue weighted by molar-refractivity contribution is 14.1. The van der Waals surface area contributed by atoms with Crippen LogP contribution in [0.3, 0.4) is 0 Å². The van der Waals surface area contributed by atoms with Crippen LogP contribution in [0.1, 0.15) is 59.1 Å². The molecule has 1 atom stereocenters. The Morgan fingerprint density at radius 2 is 1.73 bits per heavy atom. The zero-order chi connectivity index (χ0) is 11.8. The fourth-order valence-electron chi connectivity index (χ4n) is 1.22. The Balaban J connectivity index is 3.07. The Bertz CT molecular complexity index is 336. The third-order valence-electron chi connectivity index (χ3n) is 2.66. The molecular formula is C12H20INO. The summed E-state index contributed by atoms with van der Waals surface area (Å²) in [5, 5.41) is 0. The molecule has 1 unspecified atom stereocenters. The molecule has 1 rings (SSSR count). The Kier molecular flexibility index (Phi) is 3.85. The lowest BCUT2D eigenvalue weighted by molar-refractivity contribution is 0.342. The maximum Gasteiger partial charge on any atom is 0.200 e. The molecule has 3 heteroatoms. The van der Waals surface area contributed by atoms with Crippen molar-refractivity contribution < 1.29 is 4.42 Å². The zero-order valence-corrected chi connectivity index (χ0v) is 12.5. The van der Waals surface area contributed by atoms with Gasteiger partial charge in [0.1, 0.15) is 9.46 Å². The SMILES string of the molecule is CC(C)C(C)c1oc(C(C)(C)C)nc1I. The Hall–Kier alpha value is -0.0600. The molecule has 1 aromatic rings. The van der Waals surface area contributed by atoms with E-state index in [1.54, 1.807) is 0 Å². The van der Waals surface area contributed by atoms with E-state index < -0.39 is 0 Å². The lowest BCUT2D eigenvalue weighted by Crippen LogP contribution is -2.11. The van der Waals surface area contributed by atoms with Crippen molar-refractivity contribution >= 4 is 22.6 Å². The van der Waals surface area contributed by atoms with Gasteiger partial charge in [-0.2, -0.15) is 0 Å². The van der Waals surface area contributed by atoms with Gasteiger partial charge in [0, 0.05) is 11.3 Å². The highest BCUT2D eigenvalue weighted by Crippen LogP contribution is 2.32. The van der Waals surface area contributed by atoms with Crippen molar-refractivity contribution in [1.82, 2.24) is 4.98 Å². The van der Waals surface area contributed by atoms with Gasteiger partial charge in [-0.15, -0.1) is 0 Å². The second-order valence-electron chi connectivity index (χ2n) is 5.46. The number of hydrogen-bond donors (Lipinski definition) is 0. The van der Waals surface area contributed by atoms with Crippen molar-refractivity contribution in [2.24, 2.45) is 5.92 Å². The molecule has 0 amide bonds. The van der Waals surface area contributed by atoms with E-state index in [0.29, 0.717) is 11.8 Å². The van der Waals surface area contributed by atoms with Gasteiger partial charge >= 0.3 is 0 Å². The van der Waals surface area contributed by atoms with Crippen LogP contribution in [0.5, 0.6) is 0 Å². The average molecular weight is 321 g/mol. The first-order chi connectivity index (χ1) is 6.73. The summed E-state index contributed by atoms with van der Waals surface area (Å²) >= 11 is 2.26. The first-order valence-corrected chi connectivity index (χ1v) is 6.48. The molecule has 15 heavy (non-hydrogen) atoms. The van der Waals surface area contributed by atoms with E-state index in [1.165, 1.54) is 0 Å². The van der Waals surface area contributed by atoms with E-state index in [1.807, 2.05) is 0 Å². The van der Waals surface area contributed by atoms with E-state index >= 15 is 0 Å². The van der Waals surface area contributed by atoms with Crippen LogP contribution in [-0.2, 0) is 5.41 Å². The van der Waals surface area contributed by atoms with Gasteiger partial charge in [0.2, 0.25) is 5.89 Å². The standard InChI is InChI=1S/C12H20INO/c1-7(2)8(3)9-10(13)14-11(15-9)12(4,5)6/h7-8H,1-6H3. The van der Waals surface area contributed by atoms with Gasteiger partial charge in [0.05, 0.1) is 0 Å². The second kappa shape index (κ2) is 4.44. The van der Waals surface area contributed by atoms with Gasteiger partial charge in [-0.1, -0.05) is 41.5 Å². The number of rotatable bonds is 2. The largest absolute Gasteiger partial charge is 0.444 e. The van der Waals surface area contributed by atoms with Gasteiger partial charge < -0.3 is 4.42 Å². The summed E-state index contributed by atoms with van der Waals surface area (Å²) in [5.41, 5.74) is -0.00509. The lowest BCUT2D eigenvalue weighted by atomic mass is 9.96. The molecule has 0 fully saturated rings. The molecule has 0 bridgehead atoms. The second-order valence-corrected chi connectivity index (χ2v) is 6.48. The molecule has 0 spiro atoms. The van der Waals surface area contributed by atoms with Crippen molar-refractivity contribution in [1.29, 1.82) is 0 Å². The van der Waals surface area contributed by atoms with Crippen LogP contribution in [0.25, 0.3) is 0 Å². The minimum Gasteiger partial charge on any atom is -0.444 e. The van der Waals surface area contributed by atoms with E-state index in [9.17, 15) is 0 Å². The minimum absolute atomic E-state index is 0.00509. The Morgan fingerprint density at radius 3 is 2.07 bits per heavy atom. The van der Waals surface area contributed by atoms with Crippen molar-refractivity contribution in [3.63, 3.8) is 0 Å². The van der Waals surface area contributed by atoms with E-state index in [0.717, 1.165) is 15.4 Å². The lowest BCUT2D eigenvalue weighted by Gasteiger charge is -2.14. The highest BCUT2D eigenvalue weighted by atomic mass is 127. The van der Waals surface area contributed by atoms with E-state index in [-0.39, 0.29) is 5.41 Å². The predicted molar refractivity (Wildman–Crippen MR) is 71.2 cm³/mol. The highest BCUT2D eigenvalue weighted by Gasteiger charge is 2.26. The monoisotopic (exact) mass is 321 g/mol. The molecule has 0 aliphatic carbocycles. The molecule has 0 aromatic carbocycles. The molecule has 0 aliphatic heterocycles. The number of aromatic nitrogens is 1. The Morgan fingerprint density at radius 1 is 1.20 bits per heavy atom. The molecule has 0 aliphatic rings. The van der Waals surface area contributed by atoms with Gasteiger partial charge in [-0.3, -0.25) is 0 Å². The molecule has 2 nitrogen and oxygen atoms in total. The van der Waals surface area contributed by atoms with Crippen LogP contribution in [0.15, 0.2) is 4.42 Å². The molecular weight excluding hydrogens is 301 g/mol. The number of oxazole rings is 1. The molecule has 0 radical (unpaired) electrons. The summed E-state index contributed by atoms with van der Waals surface area (Å²) < 4.78 is 6.90. The molecule has 1 heterocycles. The summed E-state index contributed by atoms with van der Waals surface area (Å²) in [7, 11) is 0. The van der Waals surface area contributed by atoms with E-state index in [4.69, 9.17) is 4.42 Å². The minimum atomic E-state index is -0.00509. The normalized spacial score (nSPS) is 14.7. The first kappa shape index (κ1) is 13.0. The van der Waals surface area contributed by atoms with Gasteiger partial charge in [-0.05, 0) is 28.5 Å². The third-order valence-corrected chi connectivity index (χ3v) is 3.44. The van der Waals surface area contributed by atoms with Gasteiger partial charge in [0.15, 0.2) is 0 Å². The molecule has 1 aromatic heterocycles. The smallest absolute Gasteiger partial charge is 0.200 e. The fourth-order valence-corrected chi connectivity index (χ4v) is 2.04. The molecule has 0 saturated carbocycles. The average Bonchev–Trinajstić information content (AvgIpc) is 2.45.